The molecule has 0 aromatic heterocycles. The Morgan fingerprint density at radius 2 is 2.05 bits per heavy atom. The zero-order chi connectivity index (χ0) is 14.2. The molecule has 2 atom stereocenters. The van der Waals surface area contributed by atoms with Crippen LogP contribution in [0.3, 0.4) is 0 Å². The minimum atomic E-state index is 0.369. The molecule has 0 spiro atoms. The van der Waals surface area contributed by atoms with Gasteiger partial charge >= 0.3 is 0 Å². The molecule has 1 aromatic rings. The van der Waals surface area contributed by atoms with Crippen molar-refractivity contribution >= 4 is 5.69 Å². The van der Waals surface area contributed by atoms with Crippen LogP contribution in [0.4, 0.5) is 5.69 Å². The zero-order valence-electron chi connectivity index (χ0n) is 13.2. The van der Waals surface area contributed by atoms with Crippen molar-refractivity contribution in [3.63, 3.8) is 0 Å². The van der Waals surface area contributed by atoms with Crippen LogP contribution in [0.15, 0.2) is 24.3 Å². The lowest BCUT2D eigenvalue weighted by Crippen LogP contribution is -2.44. The molecule has 110 valence electrons. The molecule has 2 aliphatic rings. The van der Waals surface area contributed by atoms with Gasteiger partial charge in [-0.1, -0.05) is 32.0 Å². The van der Waals surface area contributed by atoms with Crippen molar-refractivity contribution in [1.29, 1.82) is 0 Å². The Morgan fingerprint density at radius 3 is 2.75 bits per heavy atom. The summed E-state index contributed by atoms with van der Waals surface area (Å²) in [5, 5.41) is 3.73. The van der Waals surface area contributed by atoms with E-state index in [1.807, 2.05) is 0 Å². The van der Waals surface area contributed by atoms with Gasteiger partial charge in [-0.25, -0.2) is 0 Å². The molecule has 0 amide bonds. The summed E-state index contributed by atoms with van der Waals surface area (Å²) in [4.78, 5) is 2.63. The zero-order valence-corrected chi connectivity index (χ0v) is 13.2. The average molecular weight is 272 g/mol. The van der Waals surface area contributed by atoms with Gasteiger partial charge in [0.1, 0.15) is 0 Å². The third kappa shape index (κ3) is 2.85. The molecule has 1 N–H and O–H groups in total. The Balaban J connectivity index is 1.71. The number of nitrogens with one attached hydrogen (secondary N) is 1. The van der Waals surface area contributed by atoms with Gasteiger partial charge in [0.25, 0.3) is 0 Å². The number of fused-ring (bicyclic) bond motifs is 1. The predicted octanol–water partition coefficient (Wildman–Crippen LogP) is 3.61. The lowest BCUT2D eigenvalue weighted by molar-refractivity contribution is 0.289. The van der Waals surface area contributed by atoms with Gasteiger partial charge in [0.15, 0.2) is 0 Å². The third-order valence-electron chi connectivity index (χ3n) is 5.15. The average Bonchev–Trinajstić information content (AvgIpc) is 3.23. The number of nitrogens with zero attached hydrogens (tertiary/aromatic N) is 1. The molecule has 1 fully saturated rings. The summed E-state index contributed by atoms with van der Waals surface area (Å²) in [6.45, 7) is 9.46. The predicted molar refractivity (Wildman–Crippen MR) is 86.4 cm³/mol. The molecule has 0 radical (unpaired) electrons. The van der Waals surface area contributed by atoms with Crippen LogP contribution in [0.1, 0.15) is 45.6 Å². The van der Waals surface area contributed by atoms with Gasteiger partial charge in [0, 0.05) is 30.9 Å². The molecule has 2 unspecified atom stereocenters. The Labute approximate surface area is 123 Å². The first kappa shape index (κ1) is 13.9. The minimum absolute atomic E-state index is 0.369. The van der Waals surface area contributed by atoms with Gasteiger partial charge in [-0.2, -0.15) is 0 Å². The molecule has 0 saturated heterocycles. The van der Waals surface area contributed by atoms with E-state index in [1.165, 1.54) is 43.5 Å². The topological polar surface area (TPSA) is 15.3 Å². The summed E-state index contributed by atoms with van der Waals surface area (Å²) in [5.74, 6) is 0. The highest BCUT2D eigenvalue weighted by molar-refractivity contribution is 5.59. The van der Waals surface area contributed by atoms with Crippen LogP contribution in [0.25, 0.3) is 0 Å². The highest BCUT2D eigenvalue weighted by Crippen LogP contribution is 2.35. The molecule has 3 rings (SSSR count). The molecular formula is C18H28N2. The smallest absolute Gasteiger partial charge is 0.0402 e. The Bertz CT molecular complexity index is 466. The standard InChI is InChI=1S/C18H28N2/c1-4-18(3,12-19-16-9-10-16)13-20-14(2)11-15-7-5-6-8-17(15)20/h5-8,14,16,19H,4,9-13H2,1-3H3. The number of rotatable bonds is 6. The number of para-hydroxylation sites is 1. The van der Waals surface area contributed by atoms with Gasteiger partial charge in [-0.3, -0.25) is 0 Å². The van der Waals surface area contributed by atoms with Crippen molar-refractivity contribution in [2.75, 3.05) is 18.0 Å². The lowest BCUT2D eigenvalue weighted by Gasteiger charge is -2.37. The van der Waals surface area contributed by atoms with Gasteiger partial charge in [0.05, 0.1) is 0 Å². The summed E-state index contributed by atoms with van der Waals surface area (Å²) in [7, 11) is 0. The maximum atomic E-state index is 3.73. The summed E-state index contributed by atoms with van der Waals surface area (Å²) in [6, 6.07) is 10.4. The number of hydrogen-bond acceptors (Lipinski definition) is 2. The number of anilines is 1. The van der Waals surface area contributed by atoms with Crippen LogP contribution < -0.4 is 10.2 Å². The van der Waals surface area contributed by atoms with Crippen LogP contribution in [0, 0.1) is 5.41 Å². The van der Waals surface area contributed by atoms with Crippen LogP contribution in [0.2, 0.25) is 0 Å². The Morgan fingerprint density at radius 1 is 1.30 bits per heavy atom. The van der Waals surface area contributed by atoms with Gasteiger partial charge in [-0.05, 0) is 49.7 Å². The van der Waals surface area contributed by atoms with Crippen molar-refractivity contribution < 1.29 is 0 Å². The van der Waals surface area contributed by atoms with Crippen molar-refractivity contribution in [3.05, 3.63) is 29.8 Å². The van der Waals surface area contributed by atoms with Crippen molar-refractivity contribution in [3.8, 4) is 0 Å². The summed E-state index contributed by atoms with van der Waals surface area (Å²) in [6.07, 6.45) is 5.19. The molecule has 1 heterocycles. The second-order valence-corrected chi connectivity index (χ2v) is 7.13. The van der Waals surface area contributed by atoms with E-state index >= 15 is 0 Å². The summed E-state index contributed by atoms with van der Waals surface area (Å²) >= 11 is 0. The van der Waals surface area contributed by atoms with Crippen molar-refractivity contribution in [1.82, 2.24) is 5.32 Å². The normalized spacial score (nSPS) is 24.6. The first-order valence-corrected chi connectivity index (χ1v) is 8.19. The van der Waals surface area contributed by atoms with Crippen LogP contribution in [-0.4, -0.2) is 25.2 Å². The second kappa shape index (κ2) is 5.40. The number of hydrogen-bond donors (Lipinski definition) is 1. The molecule has 20 heavy (non-hydrogen) atoms. The maximum absolute atomic E-state index is 3.73. The SMILES string of the molecule is CCC(C)(CNC1CC1)CN1c2ccccc2CC1C. The fraction of sp³-hybridized carbons (Fsp3) is 0.667. The highest BCUT2D eigenvalue weighted by Gasteiger charge is 2.33. The quantitative estimate of drug-likeness (QED) is 0.851. The second-order valence-electron chi connectivity index (χ2n) is 7.13. The van der Waals surface area contributed by atoms with Gasteiger partial charge < -0.3 is 10.2 Å². The maximum Gasteiger partial charge on any atom is 0.0402 e. The monoisotopic (exact) mass is 272 g/mol. The van der Waals surface area contributed by atoms with Crippen molar-refractivity contribution in [2.45, 2.75) is 58.5 Å². The van der Waals surface area contributed by atoms with E-state index in [-0.39, 0.29) is 0 Å². The third-order valence-corrected chi connectivity index (χ3v) is 5.15. The summed E-state index contributed by atoms with van der Waals surface area (Å²) in [5.41, 5.74) is 3.36. The molecule has 1 saturated carbocycles. The van der Waals surface area contributed by atoms with Crippen LogP contribution in [-0.2, 0) is 6.42 Å². The fourth-order valence-corrected chi connectivity index (χ4v) is 3.25. The Hall–Kier alpha value is -1.02. The van der Waals surface area contributed by atoms with E-state index in [2.05, 4.69) is 55.3 Å². The van der Waals surface area contributed by atoms with Crippen LogP contribution >= 0.6 is 0 Å². The molecule has 1 aliphatic heterocycles. The molecule has 2 heteroatoms. The first-order valence-electron chi connectivity index (χ1n) is 8.19. The van der Waals surface area contributed by atoms with E-state index in [1.54, 1.807) is 0 Å². The van der Waals surface area contributed by atoms with E-state index in [9.17, 15) is 0 Å². The highest BCUT2D eigenvalue weighted by atomic mass is 15.2. The van der Waals surface area contributed by atoms with E-state index in [4.69, 9.17) is 0 Å². The van der Waals surface area contributed by atoms with E-state index in [0.29, 0.717) is 11.5 Å². The number of benzene rings is 1. The van der Waals surface area contributed by atoms with Gasteiger partial charge in [0.2, 0.25) is 0 Å². The minimum Gasteiger partial charge on any atom is -0.368 e. The molecule has 1 aliphatic carbocycles. The van der Waals surface area contributed by atoms with Crippen molar-refractivity contribution in [2.24, 2.45) is 5.41 Å². The molecule has 2 nitrogen and oxygen atoms in total. The van der Waals surface area contributed by atoms with E-state index in [0.717, 1.165) is 12.6 Å². The molecule has 1 aromatic carbocycles. The van der Waals surface area contributed by atoms with E-state index < -0.39 is 0 Å². The Kier molecular flexibility index (Phi) is 3.76. The fourth-order valence-electron chi connectivity index (χ4n) is 3.25. The largest absolute Gasteiger partial charge is 0.368 e. The molecular weight excluding hydrogens is 244 g/mol. The van der Waals surface area contributed by atoms with Gasteiger partial charge in [-0.15, -0.1) is 0 Å². The first-order chi connectivity index (χ1) is 9.61. The lowest BCUT2D eigenvalue weighted by atomic mass is 9.86. The summed E-state index contributed by atoms with van der Waals surface area (Å²) < 4.78 is 0. The van der Waals surface area contributed by atoms with Crippen LogP contribution in [0.5, 0.6) is 0 Å². The molecule has 0 bridgehead atoms.